The maximum Gasteiger partial charge on any atom is 0.262 e. The SMILES string of the molecule is CCN(C(C)CN(C)C)S(=O)(=O)c1n[nH]c(C)c1CNC. The number of H-pyrrole nitrogens is 1. The van der Waals surface area contributed by atoms with Crippen LogP contribution >= 0.6 is 0 Å². The summed E-state index contributed by atoms with van der Waals surface area (Å²) >= 11 is 0. The molecule has 122 valence electrons. The molecule has 0 aliphatic heterocycles. The highest BCUT2D eigenvalue weighted by molar-refractivity contribution is 7.89. The van der Waals surface area contributed by atoms with E-state index in [1.807, 2.05) is 39.8 Å². The minimum atomic E-state index is -3.60. The standard InChI is InChI=1S/C13H27N5O2S/c1-7-18(10(2)9-17(5)6)21(19,20)13-12(8-14-4)11(3)15-16-13/h10,14H,7-9H2,1-6H3,(H,15,16). The lowest BCUT2D eigenvalue weighted by Crippen LogP contribution is -2.44. The fraction of sp³-hybridized carbons (Fsp3) is 0.769. The molecule has 0 aliphatic carbocycles. The van der Waals surface area contributed by atoms with Crippen LogP contribution in [0.3, 0.4) is 0 Å². The van der Waals surface area contributed by atoms with Gasteiger partial charge in [0.15, 0.2) is 5.03 Å². The molecule has 8 heteroatoms. The summed E-state index contributed by atoms with van der Waals surface area (Å²) < 4.78 is 27.3. The molecule has 1 aromatic rings. The molecule has 0 fully saturated rings. The topological polar surface area (TPSA) is 81.3 Å². The van der Waals surface area contributed by atoms with Gasteiger partial charge < -0.3 is 10.2 Å². The van der Waals surface area contributed by atoms with Crippen molar-refractivity contribution in [1.29, 1.82) is 0 Å². The van der Waals surface area contributed by atoms with Gasteiger partial charge in [0, 0.05) is 36.9 Å². The Hall–Kier alpha value is -0.960. The van der Waals surface area contributed by atoms with Gasteiger partial charge in [-0.1, -0.05) is 6.92 Å². The van der Waals surface area contributed by atoms with Crippen molar-refractivity contribution >= 4 is 10.0 Å². The number of nitrogens with one attached hydrogen (secondary N) is 2. The van der Waals surface area contributed by atoms with Crippen LogP contribution in [-0.2, 0) is 16.6 Å². The molecule has 0 saturated carbocycles. The number of aryl methyl sites for hydroxylation is 1. The molecule has 0 aliphatic rings. The average molecular weight is 317 g/mol. The van der Waals surface area contributed by atoms with Gasteiger partial charge in [0.2, 0.25) is 0 Å². The lowest BCUT2D eigenvalue weighted by Gasteiger charge is -2.28. The predicted octanol–water partition coefficient (Wildman–Crippen LogP) is 0.398. The van der Waals surface area contributed by atoms with Gasteiger partial charge in [0.25, 0.3) is 10.0 Å². The number of nitrogens with zero attached hydrogens (tertiary/aromatic N) is 3. The second-order valence-electron chi connectivity index (χ2n) is 5.48. The first-order valence-electron chi connectivity index (χ1n) is 7.10. The molecule has 0 saturated heterocycles. The fourth-order valence-electron chi connectivity index (χ4n) is 2.48. The Labute approximate surface area is 127 Å². The van der Waals surface area contributed by atoms with Crippen LogP contribution in [0.4, 0.5) is 0 Å². The normalized spacial score (nSPS) is 14.1. The number of likely N-dealkylation sites (N-methyl/N-ethyl adjacent to an activating group) is 2. The smallest absolute Gasteiger partial charge is 0.262 e. The monoisotopic (exact) mass is 317 g/mol. The molecule has 2 N–H and O–H groups in total. The number of hydrogen-bond acceptors (Lipinski definition) is 5. The van der Waals surface area contributed by atoms with E-state index in [-0.39, 0.29) is 11.1 Å². The maximum atomic E-state index is 12.9. The minimum Gasteiger partial charge on any atom is -0.316 e. The summed E-state index contributed by atoms with van der Waals surface area (Å²) in [7, 11) is 2.05. The summed E-state index contributed by atoms with van der Waals surface area (Å²) in [5, 5.41) is 9.93. The lowest BCUT2D eigenvalue weighted by atomic mass is 10.3. The molecule has 1 heterocycles. The van der Waals surface area contributed by atoms with Gasteiger partial charge in [-0.2, -0.15) is 9.40 Å². The third kappa shape index (κ3) is 4.03. The van der Waals surface area contributed by atoms with Crippen LogP contribution in [0.15, 0.2) is 5.03 Å². The summed E-state index contributed by atoms with van der Waals surface area (Å²) in [6.45, 7) is 7.15. The van der Waals surface area contributed by atoms with Crippen molar-refractivity contribution in [2.75, 3.05) is 34.2 Å². The first kappa shape index (κ1) is 18.1. The first-order valence-corrected chi connectivity index (χ1v) is 8.54. The molecule has 0 amide bonds. The Balaban J connectivity index is 3.19. The summed E-state index contributed by atoms with van der Waals surface area (Å²) in [6.07, 6.45) is 0. The molecular weight excluding hydrogens is 290 g/mol. The molecule has 0 spiro atoms. The zero-order valence-electron chi connectivity index (χ0n) is 13.8. The van der Waals surface area contributed by atoms with Crippen LogP contribution in [0.2, 0.25) is 0 Å². The molecule has 7 nitrogen and oxygen atoms in total. The van der Waals surface area contributed by atoms with Gasteiger partial charge in [-0.05, 0) is 35.0 Å². The molecule has 1 unspecified atom stereocenters. The van der Waals surface area contributed by atoms with Gasteiger partial charge in [-0.15, -0.1) is 0 Å². The Morgan fingerprint density at radius 3 is 2.48 bits per heavy atom. The highest BCUT2D eigenvalue weighted by Gasteiger charge is 2.32. The van der Waals surface area contributed by atoms with Crippen molar-refractivity contribution in [1.82, 2.24) is 24.7 Å². The molecule has 0 bridgehead atoms. The van der Waals surface area contributed by atoms with Crippen molar-refractivity contribution < 1.29 is 8.42 Å². The average Bonchev–Trinajstić information content (AvgIpc) is 2.71. The number of sulfonamides is 1. The van der Waals surface area contributed by atoms with Crippen molar-refractivity contribution in [2.45, 2.75) is 38.4 Å². The third-order valence-electron chi connectivity index (χ3n) is 3.38. The van der Waals surface area contributed by atoms with Gasteiger partial charge in [0.05, 0.1) is 0 Å². The molecule has 1 rings (SSSR count). The fourth-order valence-corrected chi connectivity index (χ4v) is 4.28. The summed E-state index contributed by atoms with van der Waals surface area (Å²) in [6, 6.07) is -0.116. The lowest BCUT2D eigenvalue weighted by molar-refractivity contribution is 0.270. The van der Waals surface area contributed by atoms with E-state index in [0.717, 1.165) is 5.69 Å². The highest BCUT2D eigenvalue weighted by atomic mass is 32.2. The molecule has 0 radical (unpaired) electrons. The van der Waals surface area contributed by atoms with Crippen LogP contribution in [0.1, 0.15) is 25.1 Å². The van der Waals surface area contributed by atoms with E-state index >= 15 is 0 Å². The Bertz CT molecular complexity index is 553. The van der Waals surface area contributed by atoms with Crippen LogP contribution < -0.4 is 5.32 Å². The van der Waals surface area contributed by atoms with Crippen LogP contribution in [0.5, 0.6) is 0 Å². The largest absolute Gasteiger partial charge is 0.316 e. The van der Waals surface area contributed by atoms with E-state index in [0.29, 0.717) is 25.2 Å². The van der Waals surface area contributed by atoms with E-state index < -0.39 is 10.0 Å². The van der Waals surface area contributed by atoms with Crippen molar-refractivity contribution in [3.63, 3.8) is 0 Å². The Morgan fingerprint density at radius 2 is 2.00 bits per heavy atom. The van der Waals surface area contributed by atoms with Crippen molar-refractivity contribution in [3.8, 4) is 0 Å². The summed E-state index contributed by atoms with van der Waals surface area (Å²) in [5.74, 6) is 0. The van der Waals surface area contributed by atoms with Gasteiger partial charge >= 0.3 is 0 Å². The zero-order valence-corrected chi connectivity index (χ0v) is 14.6. The van der Waals surface area contributed by atoms with Crippen molar-refractivity contribution in [3.05, 3.63) is 11.3 Å². The number of aromatic nitrogens is 2. The van der Waals surface area contributed by atoms with E-state index in [4.69, 9.17) is 0 Å². The molecular formula is C13H27N5O2S. The van der Waals surface area contributed by atoms with Gasteiger partial charge in [0.1, 0.15) is 0 Å². The molecule has 1 atom stereocenters. The van der Waals surface area contributed by atoms with Crippen LogP contribution in [-0.4, -0.2) is 68.1 Å². The van der Waals surface area contributed by atoms with Gasteiger partial charge in [-0.25, -0.2) is 8.42 Å². The zero-order chi connectivity index (χ0) is 16.2. The number of aromatic amines is 1. The van der Waals surface area contributed by atoms with E-state index in [9.17, 15) is 8.42 Å². The van der Waals surface area contributed by atoms with Crippen molar-refractivity contribution in [2.24, 2.45) is 0 Å². The summed E-state index contributed by atoms with van der Waals surface area (Å²) in [5.41, 5.74) is 1.48. The molecule has 1 aromatic heterocycles. The number of rotatable bonds is 8. The van der Waals surface area contributed by atoms with E-state index in [1.54, 1.807) is 7.05 Å². The van der Waals surface area contributed by atoms with Gasteiger partial charge in [-0.3, -0.25) is 5.10 Å². The highest BCUT2D eigenvalue weighted by Crippen LogP contribution is 2.22. The molecule has 0 aromatic carbocycles. The second kappa shape index (κ2) is 7.35. The quantitative estimate of drug-likeness (QED) is 0.725. The van der Waals surface area contributed by atoms with Crippen LogP contribution in [0, 0.1) is 6.92 Å². The summed E-state index contributed by atoms with van der Waals surface area (Å²) in [4.78, 5) is 1.98. The maximum absolute atomic E-state index is 12.9. The first-order chi connectivity index (χ1) is 9.75. The Kier molecular flexibility index (Phi) is 6.33. The Morgan fingerprint density at radius 1 is 1.38 bits per heavy atom. The minimum absolute atomic E-state index is 0.116. The van der Waals surface area contributed by atoms with E-state index in [2.05, 4.69) is 15.5 Å². The third-order valence-corrected chi connectivity index (χ3v) is 5.44. The molecule has 21 heavy (non-hydrogen) atoms. The second-order valence-corrected chi connectivity index (χ2v) is 7.29. The predicted molar refractivity (Wildman–Crippen MR) is 83.7 cm³/mol. The number of hydrogen-bond donors (Lipinski definition) is 2. The van der Waals surface area contributed by atoms with Crippen LogP contribution in [0.25, 0.3) is 0 Å². The van der Waals surface area contributed by atoms with E-state index in [1.165, 1.54) is 4.31 Å².